The lowest BCUT2D eigenvalue weighted by Gasteiger charge is -2.14. The summed E-state index contributed by atoms with van der Waals surface area (Å²) < 4.78 is 76.3. The van der Waals surface area contributed by atoms with Gasteiger partial charge in [-0.25, -0.2) is 0 Å². The number of benzene rings is 2. The molecule has 0 spiro atoms. The second kappa shape index (κ2) is 6.80. The molecule has 0 aliphatic carbocycles. The number of nitrogens with two attached hydrogens (primary N) is 1. The quantitative estimate of drug-likeness (QED) is 0.729. The fraction of sp³-hybridized carbons (Fsp3) is 0.200. The van der Waals surface area contributed by atoms with Gasteiger partial charge in [-0.05, 0) is 34.9 Å². The zero-order chi connectivity index (χ0) is 16.5. The van der Waals surface area contributed by atoms with Gasteiger partial charge in [-0.3, -0.25) is 0 Å². The number of hydrogen-bond acceptors (Lipinski definition) is 1. The normalized spacial score (nSPS) is 12.0. The molecule has 2 aromatic rings. The summed E-state index contributed by atoms with van der Waals surface area (Å²) in [7, 11) is 0. The molecule has 2 rings (SSSR count). The molecular formula is C15H12ClF6N. The number of rotatable bonds is 2. The van der Waals surface area contributed by atoms with Crippen molar-refractivity contribution in [2.45, 2.75) is 18.9 Å². The summed E-state index contributed by atoms with van der Waals surface area (Å²) in [5.74, 6) is 0. The number of hydrogen-bond donors (Lipinski definition) is 1. The Hall–Kier alpha value is -1.73. The van der Waals surface area contributed by atoms with Crippen molar-refractivity contribution in [1.29, 1.82) is 0 Å². The minimum absolute atomic E-state index is 0. The van der Waals surface area contributed by atoms with E-state index in [4.69, 9.17) is 5.73 Å². The van der Waals surface area contributed by atoms with Crippen molar-refractivity contribution in [3.05, 3.63) is 59.2 Å². The largest absolute Gasteiger partial charge is 0.416 e. The predicted octanol–water partition coefficient (Wildman–Crippen LogP) is 5.27. The molecule has 0 heterocycles. The van der Waals surface area contributed by atoms with Gasteiger partial charge in [0.2, 0.25) is 0 Å². The summed E-state index contributed by atoms with van der Waals surface area (Å²) in [4.78, 5) is 0. The summed E-state index contributed by atoms with van der Waals surface area (Å²) in [6, 6.07) is 7.47. The van der Waals surface area contributed by atoms with Crippen LogP contribution >= 0.6 is 12.4 Å². The van der Waals surface area contributed by atoms with E-state index in [1.165, 1.54) is 12.1 Å². The van der Waals surface area contributed by atoms with E-state index in [0.29, 0.717) is 0 Å². The monoisotopic (exact) mass is 355 g/mol. The Morgan fingerprint density at radius 2 is 1.26 bits per heavy atom. The van der Waals surface area contributed by atoms with Crippen LogP contribution in [0.15, 0.2) is 42.5 Å². The summed E-state index contributed by atoms with van der Waals surface area (Å²) >= 11 is 0. The smallest absolute Gasteiger partial charge is 0.326 e. The van der Waals surface area contributed by atoms with E-state index in [-0.39, 0.29) is 35.6 Å². The van der Waals surface area contributed by atoms with Gasteiger partial charge in [0.15, 0.2) is 0 Å². The molecule has 0 amide bonds. The first kappa shape index (κ1) is 19.3. The van der Waals surface area contributed by atoms with Crippen LogP contribution in [0.5, 0.6) is 0 Å². The van der Waals surface area contributed by atoms with Crippen LogP contribution in [0.2, 0.25) is 0 Å². The molecule has 8 heteroatoms. The molecular weight excluding hydrogens is 344 g/mol. The SMILES string of the molecule is Cl.NCc1ccc(-c2ccc(C(F)(F)F)cc2)cc1C(F)(F)F. The topological polar surface area (TPSA) is 26.0 Å². The van der Waals surface area contributed by atoms with Crippen molar-refractivity contribution >= 4 is 12.4 Å². The van der Waals surface area contributed by atoms with Gasteiger partial charge in [-0.15, -0.1) is 12.4 Å². The first-order valence-electron chi connectivity index (χ1n) is 6.21. The second-order valence-corrected chi connectivity index (χ2v) is 4.65. The van der Waals surface area contributed by atoms with E-state index in [1.54, 1.807) is 0 Å². The summed E-state index contributed by atoms with van der Waals surface area (Å²) in [6.45, 7) is -0.276. The molecule has 0 bridgehead atoms. The van der Waals surface area contributed by atoms with Crippen molar-refractivity contribution in [1.82, 2.24) is 0 Å². The van der Waals surface area contributed by atoms with Crippen LogP contribution in [-0.2, 0) is 18.9 Å². The van der Waals surface area contributed by atoms with E-state index in [1.807, 2.05) is 0 Å². The van der Waals surface area contributed by atoms with Crippen LogP contribution in [0.3, 0.4) is 0 Å². The van der Waals surface area contributed by atoms with Crippen LogP contribution in [0.1, 0.15) is 16.7 Å². The first-order chi connectivity index (χ1) is 10.1. The molecule has 0 saturated carbocycles. The molecule has 0 fully saturated rings. The molecule has 0 radical (unpaired) electrons. The van der Waals surface area contributed by atoms with Crippen molar-refractivity contribution in [2.24, 2.45) is 5.73 Å². The van der Waals surface area contributed by atoms with Gasteiger partial charge in [0, 0.05) is 6.54 Å². The second-order valence-electron chi connectivity index (χ2n) is 4.65. The van der Waals surface area contributed by atoms with Crippen LogP contribution in [-0.4, -0.2) is 0 Å². The Balaban J connectivity index is 0.00000264. The van der Waals surface area contributed by atoms with Crippen LogP contribution in [0.4, 0.5) is 26.3 Å². The minimum atomic E-state index is -4.57. The lowest BCUT2D eigenvalue weighted by molar-refractivity contribution is -0.138. The molecule has 2 aromatic carbocycles. The van der Waals surface area contributed by atoms with Crippen LogP contribution < -0.4 is 5.73 Å². The molecule has 23 heavy (non-hydrogen) atoms. The lowest BCUT2D eigenvalue weighted by atomic mass is 9.98. The Bertz CT molecular complexity index is 661. The molecule has 126 valence electrons. The van der Waals surface area contributed by atoms with E-state index in [9.17, 15) is 26.3 Å². The van der Waals surface area contributed by atoms with E-state index in [2.05, 4.69) is 0 Å². The van der Waals surface area contributed by atoms with E-state index >= 15 is 0 Å². The molecule has 0 unspecified atom stereocenters. The molecule has 1 nitrogen and oxygen atoms in total. The fourth-order valence-electron chi connectivity index (χ4n) is 2.05. The Morgan fingerprint density at radius 3 is 1.70 bits per heavy atom. The maximum atomic E-state index is 12.9. The van der Waals surface area contributed by atoms with Gasteiger partial charge >= 0.3 is 12.4 Å². The Kier molecular flexibility index (Phi) is 5.71. The third kappa shape index (κ3) is 4.39. The fourth-order valence-corrected chi connectivity index (χ4v) is 2.05. The van der Waals surface area contributed by atoms with Crippen molar-refractivity contribution in [3.8, 4) is 11.1 Å². The Labute approximate surface area is 134 Å². The van der Waals surface area contributed by atoms with Crippen molar-refractivity contribution in [3.63, 3.8) is 0 Å². The van der Waals surface area contributed by atoms with Gasteiger partial charge in [0.1, 0.15) is 0 Å². The molecule has 0 aliphatic heterocycles. The zero-order valence-electron chi connectivity index (χ0n) is 11.5. The third-order valence-corrected chi connectivity index (χ3v) is 3.18. The molecule has 0 aromatic heterocycles. The van der Waals surface area contributed by atoms with Crippen LogP contribution in [0, 0.1) is 0 Å². The highest BCUT2D eigenvalue weighted by Crippen LogP contribution is 2.36. The zero-order valence-corrected chi connectivity index (χ0v) is 12.3. The maximum Gasteiger partial charge on any atom is 0.416 e. The van der Waals surface area contributed by atoms with Crippen molar-refractivity contribution in [2.75, 3.05) is 0 Å². The van der Waals surface area contributed by atoms with Gasteiger partial charge in [-0.1, -0.05) is 24.3 Å². The molecule has 2 N–H and O–H groups in total. The average Bonchev–Trinajstić information content (AvgIpc) is 2.45. The highest BCUT2D eigenvalue weighted by molar-refractivity contribution is 5.85. The summed E-state index contributed by atoms with van der Waals surface area (Å²) in [6.07, 6.45) is -9.06. The summed E-state index contributed by atoms with van der Waals surface area (Å²) in [5, 5.41) is 0. The van der Waals surface area contributed by atoms with E-state index in [0.717, 1.165) is 30.3 Å². The Morgan fingerprint density at radius 1 is 0.739 bits per heavy atom. The number of halogens is 7. The third-order valence-electron chi connectivity index (χ3n) is 3.18. The van der Waals surface area contributed by atoms with Gasteiger partial charge in [0.05, 0.1) is 11.1 Å². The molecule has 0 saturated heterocycles. The first-order valence-corrected chi connectivity index (χ1v) is 6.21. The molecule has 0 atom stereocenters. The van der Waals surface area contributed by atoms with Crippen molar-refractivity contribution < 1.29 is 26.3 Å². The average molecular weight is 356 g/mol. The van der Waals surface area contributed by atoms with Gasteiger partial charge in [-0.2, -0.15) is 26.3 Å². The summed E-state index contributed by atoms with van der Waals surface area (Å²) in [5.41, 5.74) is 3.92. The lowest BCUT2D eigenvalue weighted by Crippen LogP contribution is -2.12. The minimum Gasteiger partial charge on any atom is -0.326 e. The predicted molar refractivity (Wildman–Crippen MR) is 77.0 cm³/mol. The van der Waals surface area contributed by atoms with E-state index < -0.39 is 23.5 Å². The highest BCUT2D eigenvalue weighted by Gasteiger charge is 2.33. The standard InChI is InChI=1S/C15H11F6N.ClH/c16-14(17,18)12-5-3-9(4-6-12)10-1-2-11(8-22)13(7-10)15(19,20)21;/h1-7H,8,22H2;1H. The highest BCUT2D eigenvalue weighted by atomic mass is 35.5. The molecule has 0 aliphatic rings. The van der Waals surface area contributed by atoms with Crippen LogP contribution in [0.25, 0.3) is 11.1 Å². The van der Waals surface area contributed by atoms with Gasteiger partial charge in [0.25, 0.3) is 0 Å². The van der Waals surface area contributed by atoms with Gasteiger partial charge < -0.3 is 5.73 Å². The number of alkyl halides is 6. The maximum absolute atomic E-state index is 12.9.